The lowest BCUT2D eigenvalue weighted by Crippen LogP contribution is -2.33. The first-order chi connectivity index (χ1) is 8.43. The standard InChI is InChI=1S/C12H21N3O2S/c1-8(2)6-15(7-11(16)13-5)18-12-9(3)14-17-10(12)4/h8H,6-7H2,1-5H3,(H,13,16). The average Bonchev–Trinajstić information content (AvgIpc) is 2.59. The van der Waals surface area contributed by atoms with Gasteiger partial charge in [-0.3, -0.25) is 4.79 Å². The summed E-state index contributed by atoms with van der Waals surface area (Å²) in [6, 6.07) is 0. The van der Waals surface area contributed by atoms with Crippen molar-refractivity contribution in [3.8, 4) is 0 Å². The van der Waals surface area contributed by atoms with Crippen LogP contribution in [0.15, 0.2) is 9.42 Å². The maximum absolute atomic E-state index is 11.5. The first-order valence-corrected chi connectivity index (χ1v) is 6.77. The van der Waals surface area contributed by atoms with Crippen LogP contribution in [-0.2, 0) is 4.79 Å². The third-order valence-corrected chi connectivity index (χ3v) is 3.66. The molecule has 0 radical (unpaired) electrons. The SMILES string of the molecule is CNC(=O)CN(CC(C)C)Sc1c(C)noc1C. The molecule has 0 unspecified atom stereocenters. The molecule has 0 aliphatic carbocycles. The van der Waals surface area contributed by atoms with Crippen molar-refractivity contribution in [1.82, 2.24) is 14.8 Å². The summed E-state index contributed by atoms with van der Waals surface area (Å²) in [6.45, 7) is 9.25. The molecule has 1 aromatic rings. The van der Waals surface area contributed by atoms with E-state index in [1.165, 1.54) is 11.9 Å². The minimum absolute atomic E-state index is 0.00918. The van der Waals surface area contributed by atoms with E-state index in [4.69, 9.17) is 4.52 Å². The summed E-state index contributed by atoms with van der Waals surface area (Å²) in [5.41, 5.74) is 0.864. The number of nitrogens with one attached hydrogen (secondary N) is 1. The highest BCUT2D eigenvalue weighted by atomic mass is 32.2. The second-order valence-electron chi connectivity index (χ2n) is 4.63. The van der Waals surface area contributed by atoms with Crippen molar-refractivity contribution in [1.29, 1.82) is 0 Å². The van der Waals surface area contributed by atoms with Crippen molar-refractivity contribution in [3.05, 3.63) is 11.5 Å². The predicted octanol–water partition coefficient (Wildman–Crippen LogP) is 2.00. The number of likely N-dealkylation sites (N-methyl/N-ethyl adjacent to an activating group) is 1. The molecule has 0 bridgehead atoms. The molecule has 1 amide bonds. The van der Waals surface area contributed by atoms with Crippen molar-refractivity contribution in [3.63, 3.8) is 0 Å². The summed E-state index contributed by atoms with van der Waals surface area (Å²) in [4.78, 5) is 12.5. The van der Waals surface area contributed by atoms with Gasteiger partial charge in [0, 0.05) is 13.6 Å². The first-order valence-electron chi connectivity index (χ1n) is 6.00. The van der Waals surface area contributed by atoms with Gasteiger partial charge in [-0.05, 0) is 31.7 Å². The molecule has 1 rings (SSSR count). The van der Waals surface area contributed by atoms with Crippen LogP contribution in [-0.4, -0.2) is 35.5 Å². The van der Waals surface area contributed by atoms with Crippen LogP contribution in [0.3, 0.4) is 0 Å². The van der Waals surface area contributed by atoms with E-state index in [1.807, 2.05) is 18.2 Å². The molecule has 1 aromatic heterocycles. The fraction of sp³-hybridized carbons (Fsp3) is 0.667. The minimum Gasteiger partial charge on any atom is -0.360 e. The molecule has 0 saturated carbocycles. The van der Waals surface area contributed by atoms with Crippen molar-refractivity contribution >= 4 is 17.9 Å². The molecule has 0 fully saturated rings. The van der Waals surface area contributed by atoms with Crippen LogP contribution in [0.4, 0.5) is 0 Å². The predicted molar refractivity (Wildman–Crippen MR) is 72.3 cm³/mol. The Morgan fingerprint density at radius 3 is 2.61 bits per heavy atom. The van der Waals surface area contributed by atoms with Crippen molar-refractivity contribution in [2.45, 2.75) is 32.6 Å². The van der Waals surface area contributed by atoms with Crippen LogP contribution in [0.5, 0.6) is 0 Å². The van der Waals surface area contributed by atoms with Crippen molar-refractivity contribution in [2.24, 2.45) is 5.92 Å². The van der Waals surface area contributed by atoms with Gasteiger partial charge in [0.2, 0.25) is 5.91 Å². The molecule has 0 atom stereocenters. The quantitative estimate of drug-likeness (QED) is 0.802. The number of aromatic nitrogens is 1. The fourth-order valence-electron chi connectivity index (χ4n) is 1.51. The van der Waals surface area contributed by atoms with Gasteiger partial charge in [-0.15, -0.1) is 0 Å². The fourth-order valence-corrected chi connectivity index (χ4v) is 2.66. The number of amides is 1. The number of hydrogen-bond acceptors (Lipinski definition) is 5. The number of aryl methyl sites for hydroxylation is 2. The Labute approximate surface area is 112 Å². The van der Waals surface area contributed by atoms with Crippen LogP contribution < -0.4 is 5.32 Å². The molecule has 1 N–H and O–H groups in total. The highest BCUT2D eigenvalue weighted by Crippen LogP contribution is 2.29. The zero-order valence-electron chi connectivity index (χ0n) is 11.6. The second-order valence-corrected chi connectivity index (χ2v) is 5.74. The zero-order valence-corrected chi connectivity index (χ0v) is 12.4. The Morgan fingerprint density at radius 2 is 2.17 bits per heavy atom. The smallest absolute Gasteiger partial charge is 0.234 e. The molecular weight excluding hydrogens is 250 g/mol. The minimum atomic E-state index is 0.00918. The topological polar surface area (TPSA) is 58.4 Å². The summed E-state index contributed by atoms with van der Waals surface area (Å²) in [5, 5.41) is 6.57. The number of carbonyl (C=O) groups is 1. The van der Waals surface area contributed by atoms with Gasteiger partial charge in [-0.2, -0.15) is 0 Å². The van der Waals surface area contributed by atoms with Crippen LogP contribution >= 0.6 is 11.9 Å². The largest absolute Gasteiger partial charge is 0.360 e. The Balaban J connectivity index is 2.74. The second kappa shape index (κ2) is 6.80. The van der Waals surface area contributed by atoms with Gasteiger partial charge in [0.05, 0.1) is 17.1 Å². The summed E-state index contributed by atoms with van der Waals surface area (Å²) in [5.74, 6) is 1.29. The van der Waals surface area contributed by atoms with Gasteiger partial charge in [-0.1, -0.05) is 19.0 Å². The van der Waals surface area contributed by atoms with E-state index < -0.39 is 0 Å². The Kier molecular flexibility index (Phi) is 5.68. The van der Waals surface area contributed by atoms with Gasteiger partial charge in [0.25, 0.3) is 0 Å². The van der Waals surface area contributed by atoms with E-state index in [9.17, 15) is 4.79 Å². The maximum atomic E-state index is 11.5. The van der Waals surface area contributed by atoms with E-state index in [-0.39, 0.29) is 5.91 Å². The molecule has 102 valence electrons. The van der Waals surface area contributed by atoms with Gasteiger partial charge in [0.1, 0.15) is 5.76 Å². The molecule has 0 spiro atoms. The van der Waals surface area contributed by atoms with Crippen LogP contribution in [0.2, 0.25) is 0 Å². The Bertz CT molecular complexity index is 385. The molecule has 0 saturated heterocycles. The maximum Gasteiger partial charge on any atom is 0.234 e. The molecule has 1 heterocycles. The summed E-state index contributed by atoms with van der Waals surface area (Å²) < 4.78 is 7.17. The van der Waals surface area contributed by atoms with E-state index in [0.29, 0.717) is 12.5 Å². The van der Waals surface area contributed by atoms with Crippen LogP contribution in [0.1, 0.15) is 25.3 Å². The molecule has 0 aliphatic heterocycles. The lowest BCUT2D eigenvalue weighted by molar-refractivity contribution is -0.120. The molecule has 6 heteroatoms. The van der Waals surface area contributed by atoms with Crippen molar-refractivity contribution in [2.75, 3.05) is 20.1 Å². The van der Waals surface area contributed by atoms with Gasteiger partial charge >= 0.3 is 0 Å². The third kappa shape index (κ3) is 4.34. The zero-order chi connectivity index (χ0) is 13.7. The lowest BCUT2D eigenvalue weighted by atomic mass is 10.2. The van der Waals surface area contributed by atoms with Crippen molar-refractivity contribution < 1.29 is 9.32 Å². The lowest BCUT2D eigenvalue weighted by Gasteiger charge is -2.21. The summed E-state index contributed by atoms with van der Waals surface area (Å²) in [7, 11) is 1.65. The third-order valence-electron chi connectivity index (χ3n) is 2.36. The highest BCUT2D eigenvalue weighted by molar-refractivity contribution is 7.97. The monoisotopic (exact) mass is 271 g/mol. The average molecular weight is 271 g/mol. The number of carbonyl (C=O) groups excluding carboxylic acids is 1. The molecule has 5 nitrogen and oxygen atoms in total. The van der Waals surface area contributed by atoms with E-state index >= 15 is 0 Å². The Morgan fingerprint density at radius 1 is 1.50 bits per heavy atom. The van der Waals surface area contributed by atoms with E-state index in [1.54, 1.807) is 7.05 Å². The normalized spacial score (nSPS) is 11.3. The number of rotatable bonds is 6. The van der Waals surface area contributed by atoms with Crippen LogP contribution in [0, 0.1) is 19.8 Å². The summed E-state index contributed by atoms with van der Waals surface area (Å²) in [6.07, 6.45) is 0. The summed E-state index contributed by atoms with van der Waals surface area (Å²) >= 11 is 1.54. The molecule has 18 heavy (non-hydrogen) atoms. The van der Waals surface area contributed by atoms with E-state index in [0.717, 1.165) is 22.9 Å². The highest BCUT2D eigenvalue weighted by Gasteiger charge is 2.18. The Hall–Kier alpha value is -1.01. The molecular formula is C12H21N3O2S. The van der Waals surface area contributed by atoms with Gasteiger partial charge in [-0.25, -0.2) is 4.31 Å². The van der Waals surface area contributed by atoms with Gasteiger partial charge in [0.15, 0.2) is 0 Å². The number of nitrogens with zero attached hydrogens (tertiary/aromatic N) is 2. The molecule has 0 aliphatic rings. The van der Waals surface area contributed by atoms with Gasteiger partial charge < -0.3 is 9.84 Å². The molecule has 0 aromatic carbocycles. The number of hydrogen-bond donors (Lipinski definition) is 1. The van der Waals surface area contributed by atoms with Crippen LogP contribution in [0.25, 0.3) is 0 Å². The first kappa shape index (κ1) is 15.0. The van der Waals surface area contributed by atoms with E-state index in [2.05, 4.69) is 24.3 Å².